The van der Waals surface area contributed by atoms with Crippen molar-refractivity contribution < 1.29 is 19.3 Å². The third-order valence-electron chi connectivity index (χ3n) is 7.16. The van der Waals surface area contributed by atoms with Crippen LogP contribution < -0.4 is 20.7 Å². The minimum absolute atomic E-state index is 0.119. The second-order valence-corrected chi connectivity index (χ2v) is 10.1. The summed E-state index contributed by atoms with van der Waals surface area (Å²) in [6.07, 6.45) is -0.671. The number of rotatable bonds is 4. The number of phenols is 1. The lowest BCUT2D eigenvalue weighted by Crippen LogP contribution is -2.40. The summed E-state index contributed by atoms with van der Waals surface area (Å²) >= 11 is 0. The van der Waals surface area contributed by atoms with Crippen LogP contribution in [0, 0.1) is 6.92 Å². The van der Waals surface area contributed by atoms with Crippen molar-refractivity contribution in [2.24, 2.45) is 14.1 Å². The van der Waals surface area contributed by atoms with E-state index in [0.717, 1.165) is 21.4 Å². The van der Waals surface area contributed by atoms with Gasteiger partial charge in [-0.3, -0.25) is 13.9 Å². The number of ether oxygens (including phenoxy) is 3. The monoisotopic (exact) mass is 505 g/mol. The Kier molecular flexibility index (Phi) is 5.71. The molecule has 37 heavy (non-hydrogen) atoms. The van der Waals surface area contributed by atoms with Crippen LogP contribution in [0.1, 0.15) is 36.8 Å². The van der Waals surface area contributed by atoms with Crippen molar-refractivity contribution in [3.63, 3.8) is 0 Å². The van der Waals surface area contributed by atoms with Gasteiger partial charge in [-0.25, -0.2) is 4.79 Å². The fraction of sp³-hybridized carbons (Fsp3) is 0.357. The van der Waals surface area contributed by atoms with E-state index in [9.17, 15) is 14.7 Å². The fourth-order valence-electron chi connectivity index (χ4n) is 5.38. The molecule has 1 aliphatic rings. The standard InChI is InChI=1S/C28H31N3O6/c1-15-9-8-10-16(11-15)21-20-22(29(4)27(34)30(5)26(20)33)23-25(37-14-28(2,3)31(21)23)17-12-18(35-6)24(32)19(13-17)36-7/h8-13,25,32H,14H2,1-7H3/t25-/m0/s1. The van der Waals surface area contributed by atoms with Gasteiger partial charge in [0.05, 0.1) is 48.7 Å². The van der Waals surface area contributed by atoms with Crippen LogP contribution in [0.5, 0.6) is 17.2 Å². The highest BCUT2D eigenvalue weighted by Gasteiger charge is 2.41. The van der Waals surface area contributed by atoms with Gasteiger partial charge in [0.2, 0.25) is 5.75 Å². The van der Waals surface area contributed by atoms with Crippen LogP contribution in [0.25, 0.3) is 22.2 Å². The van der Waals surface area contributed by atoms with E-state index in [4.69, 9.17) is 14.2 Å². The quantitative estimate of drug-likeness (QED) is 0.455. The molecule has 2 aromatic carbocycles. The smallest absolute Gasteiger partial charge is 0.331 e. The molecule has 0 saturated heterocycles. The summed E-state index contributed by atoms with van der Waals surface area (Å²) in [5.74, 6) is 0.342. The summed E-state index contributed by atoms with van der Waals surface area (Å²) in [6.45, 7) is 6.44. The van der Waals surface area contributed by atoms with Crippen LogP contribution in [-0.2, 0) is 24.4 Å². The average Bonchev–Trinajstić information content (AvgIpc) is 3.24. The number of phenolic OH excluding ortho intramolecular Hbond substituents is 1. The van der Waals surface area contributed by atoms with Crippen LogP contribution in [0.15, 0.2) is 46.0 Å². The molecule has 0 bridgehead atoms. The van der Waals surface area contributed by atoms with Gasteiger partial charge < -0.3 is 23.9 Å². The Morgan fingerprint density at radius 2 is 1.68 bits per heavy atom. The first-order valence-electron chi connectivity index (χ1n) is 12.0. The lowest BCUT2D eigenvalue weighted by molar-refractivity contribution is -0.00724. The summed E-state index contributed by atoms with van der Waals surface area (Å²) in [5.41, 5.74) is 3.17. The van der Waals surface area contributed by atoms with Crippen molar-refractivity contribution >= 4 is 10.9 Å². The fourth-order valence-corrected chi connectivity index (χ4v) is 5.38. The third kappa shape index (κ3) is 3.56. The Balaban J connectivity index is 1.99. The molecular formula is C28H31N3O6. The molecule has 4 aromatic rings. The van der Waals surface area contributed by atoms with E-state index >= 15 is 0 Å². The first kappa shape index (κ1) is 24.7. The van der Waals surface area contributed by atoms with Crippen LogP contribution >= 0.6 is 0 Å². The number of benzene rings is 2. The number of hydrogen-bond acceptors (Lipinski definition) is 6. The van der Waals surface area contributed by atoms with Crippen molar-refractivity contribution in [1.29, 1.82) is 0 Å². The van der Waals surface area contributed by atoms with E-state index in [1.807, 2.05) is 45.0 Å². The number of aromatic nitrogens is 3. The predicted molar refractivity (Wildman–Crippen MR) is 141 cm³/mol. The lowest BCUT2D eigenvalue weighted by atomic mass is 9.97. The number of aromatic hydroxyl groups is 1. The molecule has 9 heteroatoms. The molecule has 0 unspecified atom stereocenters. The third-order valence-corrected chi connectivity index (χ3v) is 7.16. The maximum atomic E-state index is 13.7. The average molecular weight is 506 g/mol. The SMILES string of the molecule is COc1cc([C@@H]2OCC(C)(C)n3c(-c4cccc(C)c4)c4c(=O)n(C)c(=O)n(C)c4c32)cc(OC)c1O. The van der Waals surface area contributed by atoms with Gasteiger partial charge in [0.25, 0.3) is 5.56 Å². The van der Waals surface area contributed by atoms with E-state index in [1.54, 1.807) is 19.2 Å². The van der Waals surface area contributed by atoms with Gasteiger partial charge in [0, 0.05) is 14.1 Å². The van der Waals surface area contributed by atoms with Crippen molar-refractivity contribution in [1.82, 2.24) is 13.7 Å². The molecule has 0 amide bonds. The molecular weight excluding hydrogens is 474 g/mol. The molecule has 0 aliphatic carbocycles. The van der Waals surface area contributed by atoms with Crippen LogP contribution in [0.4, 0.5) is 0 Å². The van der Waals surface area contributed by atoms with Gasteiger partial charge in [-0.2, -0.15) is 0 Å². The second-order valence-electron chi connectivity index (χ2n) is 10.1. The van der Waals surface area contributed by atoms with Crippen molar-refractivity contribution in [2.45, 2.75) is 32.4 Å². The maximum absolute atomic E-state index is 13.7. The lowest BCUT2D eigenvalue weighted by Gasteiger charge is -2.39. The molecule has 1 aliphatic heterocycles. The minimum Gasteiger partial charge on any atom is -0.502 e. The van der Waals surface area contributed by atoms with Gasteiger partial charge in [-0.05, 0) is 50.1 Å². The molecule has 1 N–H and O–H groups in total. The van der Waals surface area contributed by atoms with E-state index < -0.39 is 17.3 Å². The van der Waals surface area contributed by atoms with Crippen molar-refractivity contribution in [3.8, 4) is 28.5 Å². The number of fused-ring (bicyclic) bond motifs is 3. The number of hydrogen-bond donors (Lipinski definition) is 1. The zero-order valence-corrected chi connectivity index (χ0v) is 22.1. The van der Waals surface area contributed by atoms with Gasteiger partial charge in [-0.15, -0.1) is 0 Å². The molecule has 9 nitrogen and oxygen atoms in total. The zero-order chi connectivity index (χ0) is 26.8. The molecule has 2 aromatic heterocycles. The largest absolute Gasteiger partial charge is 0.502 e. The molecule has 0 fully saturated rings. The first-order chi connectivity index (χ1) is 17.5. The molecule has 3 heterocycles. The molecule has 0 saturated carbocycles. The highest BCUT2D eigenvalue weighted by Crippen LogP contribution is 2.48. The van der Waals surface area contributed by atoms with Crippen molar-refractivity contribution in [2.75, 3.05) is 20.8 Å². The molecule has 0 spiro atoms. The summed E-state index contributed by atoms with van der Waals surface area (Å²) in [6, 6.07) is 11.4. The van der Waals surface area contributed by atoms with Crippen LogP contribution in [0.2, 0.25) is 0 Å². The number of methoxy groups -OCH3 is 2. The van der Waals surface area contributed by atoms with E-state index in [2.05, 4.69) is 4.57 Å². The first-order valence-corrected chi connectivity index (χ1v) is 12.0. The van der Waals surface area contributed by atoms with Gasteiger partial charge in [0.1, 0.15) is 6.10 Å². The predicted octanol–water partition coefficient (Wildman–Crippen LogP) is 3.59. The van der Waals surface area contributed by atoms with E-state index in [0.29, 0.717) is 28.8 Å². The minimum atomic E-state index is -0.671. The Morgan fingerprint density at radius 1 is 1.03 bits per heavy atom. The summed E-state index contributed by atoms with van der Waals surface area (Å²) in [5, 5.41) is 11.0. The molecule has 5 rings (SSSR count). The Bertz CT molecular complexity index is 1650. The molecule has 1 atom stereocenters. The Labute approximate surface area is 214 Å². The summed E-state index contributed by atoms with van der Waals surface area (Å²) in [4.78, 5) is 26.9. The number of nitrogens with zero attached hydrogens (tertiary/aromatic N) is 3. The summed E-state index contributed by atoms with van der Waals surface area (Å²) in [7, 11) is 6.09. The normalized spacial score (nSPS) is 16.6. The number of aryl methyl sites for hydroxylation is 2. The zero-order valence-electron chi connectivity index (χ0n) is 22.1. The topological polar surface area (TPSA) is 96.9 Å². The van der Waals surface area contributed by atoms with Crippen molar-refractivity contribution in [3.05, 3.63) is 74.1 Å². The second kappa shape index (κ2) is 8.55. The van der Waals surface area contributed by atoms with E-state index in [1.165, 1.54) is 25.8 Å². The maximum Gasteiger partial charge on any atom is 0.331 e. The van der Waals surface area contributed by atoms with E-state index in [-0.39, 0.29) is 22.8 Å². The van der Waals surface area contributed by atoms with Crippen LogP contribution in [0.3, 0.4) is 0 Å². The van der Waals surface area contributed by atoms with Gasteiger partial charge >= 0.3 is 5.69 Å². The highest BCUT2D eigenvalue weighted by molar-refractivity contribution is 5.97. The molecule has 194 valence electrons. The Hall–Kier alpha value is -3.98. The molecule has 0 radical (unpaired) electrons. The highest BCUT2D eigenvalue weighted by atomic mass is 16.5. The summed E-state index contributed by atoms with van der Waals surface area (Å²) < 4.78 is 22.0. The van der Waals surface area contributed by atoms with Gasteiger partial charge in [0.15, 0.2) is 11.5 Å². The van der Waals surface area contributed by atoms with Gasteiger partial charge in [-0.1, -0.05) is 23.8 Å². The van der Waals surface area contributed by atoms with Crippen LogP contribution in [-0.4, -0.2) is 39.6 Å². The Morgan fingerprint density at radius 3 is 2.27 bits per heavy atom.